The fourth-order valence-electron chi connectivity index (χ4n) is 7.16. The monoisotopic (exact) mass is 591 g/mol. The molecule has 4 aromatic heterocycles. The molecule has 0 spiro atoms. The molecule has 0 saturated carbocycles. The number of rotatable bonds is 3. The molecule has 4 heteroatoms. The predicted octanol–water partition coefficient (Wildman–Crippen LogP) is 11.3. The van der Waals surface area contributed by atoms with E-state index in [4.69, 9.17) is 4.98 Å². The molecule has 6 aromatic carbocycles. The third-order valence-corrected chi connectivity index (χ3v) is 10.3. The van der Waals surface area contributed by atoms with Gasteiger partial charge in [0.1, 0.15) is 4.83 Å². The summed E-state index contributed by atoms with van der Waals surface area (Å²) in [5.41, 5.74) is 9.47. The van der Waals surface area contributed by atoms with Gasteiger partial charge in [0.2, 0.25) is 0 Å². The molecule has 3 nitrogen and oxygen atoms in total. The minimum atomic E-state index is 1.06. The maximum atomic E-state index is 5.01. The smallest absolute Gasteiger partial charge is 0.124 e. The summed E-state index contributed by atoms with van der Waals surface area (Å²) in [6, 6.07) is 52.7. The lowest BCUT2D eigenvalue weighted by Gasteiger charge is -2.10. The van der Waals surface area contributed by atoms with E-state index >= 15 is 0 Å². The van der Waals surface area contributed by atoms with Crippen LogP contribution in [0.15, 0.2) is 152 Å². The first-order chi connectivity index (χ1) is 22.3. The molecule has 0 N–H and O–H groups in total. The lowest BCUT2D eigenvalue weighted by molar-refractivity contribution is 1.15. The Hall–Kier alpha value is -5.71. The first-order valence-electron chi connectivity index (χ1n) is 15.2. The van der Waals surface area contributed by atoms with Crippen LogP contribution in [-0.2, 0) is 0 Å². The van der Waals surface area contributed by atoms with Crippen molar-refractivity contribution < 1.29 is 0 Å². The number of benzene rings is 6. The number of hydrogen-bond acceptors (Lipinski definition) is 2. The zero-order valence-corrected chi connectivity index (χ0v) is 25.0. The summed E-state index contributed by atoms with van der Waals surface area (Å²) in [5, 5.41) is 7.45. The second-order valence-corrected chi connectivity index (χ2v) is 12.7. The van der Waals surface area contributed by atoms with E-state index in [1.54, 1.807) is 11.3 Å². The standard InChI is InChI=1S/C41H25N3S/c1-2-10-26(11-3-1)27-18-21-40-34(22-27)35-24-29(25-42-41(35)45-40)44-38-17-9-6-14-32(38)33-23-28(19-20-39(33)44)43-36-15-7-4-12-30(36)31-13-5-8-16-37(31)43/h1-25H. The van der Waals surface area contributed by atoms with E-state index in [9.17, 15) is 0 Å². The highest BCUT2D eigenvalue weighted by atomic mass is 32.1. The Morgan fingerprint density at radius 1 is 0.400 bits per heavy atom. The van der Waals surface area contributed by atoms with Gasteiger partial charge in [-0.2, -0.15) is 0 Å². The number of para-hydroxylation sites is 3. The van der Waals surface area contributed by atoms with E-state index in [1.807, 2.05) is 6.20 Å². The predicted molar refractivity (Wildman–Crippen MR) is 191 cm³/mol. The first kappa shape index (κ1) is 24.7. The number of hydrogen-bond donors (Lipinski definition) is 0. The van der Waals surface area contributed by atoms with Crippen LogP contribution in [0.25, 0.3) is 86.4 Å². The SMILES string of the molecule is c1ccc(-c2ccc3sc4ncc(-n5c6ccccc6c6cc(-n7c8ccccc8c8ccccc87)ccc65)cc4c3c2)cc1. The van der Waals surface area contributed by atoms with E-state index in [-0.39, 0.29) is 0 Å². The van der Waals surface area contributed by atoms with Crippen LogP contribution in [-0.4, -0.2) is 14.1 Å². The first-order valence-corrected chi connectivity index (χ1v) is 16.0. The Labute approximate surface area is 262 Å². The van der Waals surface area contributed by atoms with Crippen LogP contribution in [0.1, 0.15) is 0 Å². The molecule has 0 amide bonds. The Morgan fingerprint density at radius 3 is 1.69 bits per heavy atom. The molecule has 0 saturated heterocycles. The molecule has 0 fully saturated rings. The minimum absolute atomic E-state index is 1.06. The maximum absolute atomic E-state index is 5.01. The quantitative estimate of drug-likeness (QED) is 0.200. The summed E-state index contributed by atoms with van der Waals surface area (Å²) in [6.45, 7) is 0. The summed E-state index contributed by atoms with van der Waals surface area (Å²) in [5.74, 6) is 0. The third kappa shape index (κ3) is 3.60. The highest BCUT2D eigenvalue weighted by Gasteiger charge is 2.17. The molecule has 0 aliphatic rings. The van der Waals surface area contributed by atoms with Crippen LogP contribution in [0.2, 0.25) is 0 Å². The van der Waals surface area contributed by atoms with Crippen molar-refractivity contribution in [2.45, 2.75) is 0 Å². The van der Waals surface area contributed by atoms with E-state index in [1.165, 1.54) is 70.2 Å². The Balaban J connectivity index is 1.21. The largest absolute Gasteiger partial charge is 0.309 e. The van der Waals surface area contributed by atoms with Gasteiger partial charge in [0.25, 0.3) is 0 Å². The highest BCUT2D eigenvalue weighted by molar-refractivity contribution is 7.25. The van der Waals surface area contributed by atoms with Crippen LogP contribution in [0.3, 0.4) is 0 Å². The average Bonchev–Trinajstić information content (AvgIpc) is 3.75. The van der Waals surface area contributed by atoms with Crippen molar-refractivity contribution in [2.24, 2.45) is 0 Å². The van der Waals surface area contributed by atoms with Gasteiger partial charge < -0.3 is 9.13 Å². The minimum Gasteiger partial charge on any atom is -0.309 e. The lowest BCUT2D eigenvalue weighted by atomic mass is 10.0. The lowest BCUT2D eigenvalue weighted by Crippen LogP contribution is -1.96. The van der Waals surface area contributed by atoms with E-state index in [0.717, 1.165) is 16.2 Å². The topological polar surface area (TPSA) is 22.8 Å². The highest BCUT2D eigenvalue weighted by Crippen LogP contribution is 2.39. The van der Waals surface area contributed by atoms with Gasteiger partial charge in [0.15, 0.2) is 0 Å². The van der Waals surface area contributed by atoms with Crippen molar-refractivity contribution in [1.29, 1.82) is 0 Å². The van der Waals surface area contributed by atoms with Crippen molar-refractivity contribution in [3.8, 4) is 22.5 Å². The van der Waals surface area contributed by atoms with Gasteiger partial charge in [0, 0.05) is 42.7 Å². The Morgan fingerprint density at radius 2 is 0.978 bits per heavy atom. The van der Waals surface area contributed by atoms with Gasteiger partial charge in [-0.25, -0.2) is 4.98 Å². The number of fused-ring (bicyclic) bond motifs is 9. The van der Waals surface area contributed by atoms with Crippen molar-refractivity contribution in [1.82, 2.24) is 14.1 Å². The van der Waals surface area contributed by atoms with Crippen LogP contribution >= 0.6 is 11.3 Å². The summed E-state index contributed by atoms with van der Waals surface area (Å²) in [7, 11) is 0. The van der Waals surface area contributed by atoms with Crippen LogP contribution in [0.5, 0.6) is 0 Å². The molecule has 0 radical (unpaired) electrons. The number of nitrogens with zero attached hydrogens (tertiary/aromatic N) is 3. The van der Waals surface area contributed by atoms with Crippen LogP contribution in [0, 0.1) is 0 Å². The normalized spacial score (nSPS) is 12.0. The molecule has 0 aliphatic carbocycles. The maximum Gasteiger partial charge on any atom is 0.124 e. The van der Waals surface area contributed by atoms with Crippen molar-refractivity contribution in [3.63, 3.8) is 0 Å². The Bertz CT molecular complexity index is 2710. The van der Waals surface area contributed by atoms with Crippen molar-refractivity contribution in [2.75, 3.05) is 0 Å². The van der Waals surface area contributed by atoms with E-state index < -0.39 is 0 Å². The number of thiophene rings is 1. The summed E-state index contributed by atoms with van der Waals surface area (Å²) in [6.07, 6.45) is 2.03. The zero-order chi connectivity index (χ0) is 29.5. The molecular weight excluding hydrogens is 567 g/mol. The molecule has 0 aliphatic heterocycles. The van der Waals surface area contributed by atoms with Gasteiger partial charge in [-0.3, -0.25) is 0 Å². The van der Waals surface area contributed by atoms with Crippen molar-refractivity contribution >= 4 is 75.3 Å². The number of pyridine rings is 1. The second kappa shape index (κ2) is 9.39. The summed E-state index contributed by atoms with van der Waals surface area (Å²) < 4.78 is 6.02. The Kier molecular flexibility index (Phi) is 5.16. The molecule has 210 valence electrons. The van der Waals surface area contributed by atoms with Gasteiger partial charge in [-0.05, 0) is 65.7 Å². The fraction of sp³-hybridized carbons (Fsp3) is 0. The fourth-order valence-corrected chi connectivity index (χ4v) is 8.17. The van der Waals surface area contributed by atoms with Gasteiger partial charge in [-0.1, -0.05) is 91.0 Å². The number of aromatic nitrogens is 3. The molecule has 45 heavy (non-hydrogen) atoms. The van der Waals surface area contributed by atoms with Gasteiger partial charge in [-0.15, -0.1) is 11.3 Å². The molecule has 4 heterocycles. The van der Waals surface area contributed by atoms with Crippen LogP contribution < -0.4 is 0 Å². The molecule has 0 unspecified atom stereocenters. The zero-order valence-electron chi connectivity index (χ0n) is 24.2. The molecular formula is C41H25N3S. The molecule has 10 rings (SSSR count). The average molecular weight is 592 g/mol. The van der Waals surface area contributed by atoms with Crippen molar-refractivity contribution in [3.05, 3.63) is 152 Å². The second-order valence-electron chi connectivity index (χ2n) is 11.6. The molecule has 0 bridgehead atoms. The van der Waals surface area contributed by atoms with E-state index in [2.05, 4.69) is 155 Å². The van der Waals surface area contributed by atoms with Gasteiger partial charge in [0.05, 0.1) is 34.0 Å². The summed E-state index contributed by atoms with van der Waals surface area (Å²) in [4.78, 5) is 6.07. The third-order valence-electron chi connectivity index (χ3n) is 9.17. The molecule has 10 aromatic rings. The van der Waals surface area contributed by atoms with Gasteiger partial charge >= 0.3 is 0 Å². The van der Waals surface area contributed by atoms with Crippen LogP contribution in [0.4, 0.5) is 0 Å². The summed E-state index contributed by atoms with van der Waals surface area (Å²) >= 11 is 1.76. The van der Waals surface area contributed by atoms with E-state index in [0.29, 0.717) is 0 Å². The molecule has 0 atom stereocenters.